The smallest absolute Gasteiger partial charge is 0.168 e. The van der Waals surface area contributed by atoms with E-state index in [1.807, 2.05) is 26.0 Å². The summed E-state index contributed by atoms with van der Waals surface area (Å²) in [4.78, 5) is 4.29. The number of rotatable bonds is 7. The molecule has 0 aliphatic rings. The lowest BCUT2D eigenvalue weighted by Crippen LogP contribution is -2.30. The minimum Gasteiger partial charge on any atom is -0.487 e. The van der Waals surface area contributed by atoms with Crippen LogP contribution >= 0.6 is 0 Å². The lowest BCUT2D eigenvalue weighted by Gasteiger charge is -2.18. The van der Waals surface area contributed by atoms with Gasteiger partial charge in [0.05, 0.1) is 6.10 Å². The van der Waals surface area contributed by atoms with Gasteiger partial charge in [0.2, 0.25) is 0 Å². The fourth-order valence-electron chi connectivity index (χ4n) is 1.79. The summed E-state index contributed by atoms with van der Waals surface area (Å²) in [5, 5.41) is 3.26. The molecule has 1 heterocycles. The summed E-state index contributed by atoms with van der Waals surface area (Å²) in [6.07, 6.45) is 2.89. The van der Waals surface area contributed by atoms with Gasteiger partial charge in [-0.25, -0.2) is 4.98 Å². The van der Waals surface area contributed by atoms with Crippen LogP contribution in [0.5, 0.6) is 5.75 Å². The summed E-state index contributed by atoms with van der Waals surface area (Å²) in [5.41, 5.74) is 6.04. The second kappa shape index (κ2) is 7.21. The van der Waals surface area contributed by atoms with Crippen LogP contribution in [-0.4, -0.2) is 23.7 Å². The average molecular weight is 251 g/mol. The van der Waals surface area contributed by atoms with Gasteiger partial charge in [-0.1, -0.05) is 13.8 Å². The van der Waals surface area contributed by atoms with E-state index < -0.39 is 0 Å². The van der Waals surface area contributed by atoms with Crippen molar-refractivity contribution in [3.8, 4) is 5.75 Å². The van der Waals surface area contributed by atoms with Gasteiger partial charge in [0.15, 0.2) is 11.6 Å². The van der Waals surface area contributed by atoms with Crippen molar-refractivity contribution in [2.24, 2.45) is 11.7 Å². The molecule has 1 aromatic rings. The Morgan fingerprint density at radius 1 is 1.33 bits per heavy atom. The Labute approximate surface area is 110 Å². The van der Waals surface area contributed by atoms with Crippen LogP contribution in [0.15, 0.2) is 18.3 Å². The number of nitrogens with one attached hydrogen (secondary N) is 1. The second-order valence-electron chi connectivity index (χ2n) is 5.29. The van der Waals surface area contributed by atoms with E-state index in [1.54, 1.807) is 6.20 Å². The molecule has 0 spiro atoms. The Morgan fingerprint density at radius 3 is 2.67 bits per heavy atom. The predicted molar refractivity (Wildman–Crippen MR) is 75.9 cm³/mol. The first-order valence-electron chi connectivity index (χ1n) is 6.60. The second-order valence-corrected chi connectivity index (χ2v) is 5.29. The number of nitrogens with two attached hydrogens (primary N) is 1. The van der Waals surface area contributed by atoms with Crippen molar-refractivity contribution >= 4 is 5.82 Å². The number of ether oxygens (including phenoxy) is 1. The number of hydrogen-bond acceptors (Lipinski definition) is 4. The molecule has 0 aliphatic heterocycles. The summed E-state index contributed by atoms with van der Waals surface area (Å²) in [6, 6.07) is 3.93. The van der Waals surface area contributed by atoms with Crippen LogP contribution in [0.1, 0.15) is 34.1 Å². The quantitative estimate of drug-likeness (QED) is 0.782. The number of pyridine rings is 1. The number of anilines is 1. The summed E-state index contributed by atoms with van der Waals surface area (Å²) in [5.74, 6) is 2.16. The first-order valence-corrected chi connectivity index (χ1v) is 6.60. The van der Waals surface area contributed by atoms with Gasteiger partial charge in [0.25, 0.3) is 0 Å². The minimum atomic E-state index is 0.138. The highest BCUT2D eigenvalue weighted by Crippen LogP contribution is 2.22. The number of aromatic nitrogens is 1. The molecule has 0 saturated heterocycles. The molecule has 1 aromatic heterocycles. The Morgan fingerprint density at radius 2 is 2.06 bits per heavy atom. The van der Waals surface area contributed by atoms with E-state index in [2.05, 4.69) is 24.1 Å². The molecule has 0 fully saturated rings. The van der Waals surface area contributed by atoms with E-state index in [4.69, 9.17) is 10.5 Å². The lowest BCUT2D eigenvalue weighted by molar-refractivity contribution is 0.243. The molecule has 4 heteroatoms. The SMILES string of the molecule is CC(C)CC(N)CNc1ncccc1OC(C)C. The molecule has 1 atom stereocenters. The van der Waals surface area contributed by atoms with Crippen molar-refractivity contribution in [2.45, 2.75) is 46.3 Å². The third kappa shape index (κ3) is 5.36. The monoisotopic (exact) mass is 251 g/mol. The first-order chi connectivity index (χ1) is 8.49. The van der Waals surface area contributed by atoms with Crippen LogP contribution in [0.2, 0.25) is 0 Å². The third-order valence-electron chi connectivity index (χ3n) is 2.44. The van der Waals surface area contributed by atoms with E-state index in [9.17, 15) is 0 Å². The van der Waals surface area contributed by atoms with E-state index >= 15 is 0 Å². The van der Waals surface area contributed by atoms with Crippen molar-refractivity contribution < 1.29 is 4.74 Å². The van der Waals surface area contributed by atoms with Crippen LogP contribution < -0.4 is 15.8 Å². The van der Waals surface area contributed by atoms with Crippen molar-refractivity contribution in [2.75, 3.05) is 11.9 Å². The molecular formula is C14H25N3O. The van der Waals surface area contributed by atoms with Crippen LogP contribution in [0.4, 0.5) is 5.82 Å². The predicted octanol–water partition coefficient (Wildman–Crippen LogP) is 2.65. The normalized spacial score (nSPS) is 12.8. The Hall–Kier alpha value is -1.29. The lowest BCUT2D eigenvalue weighted by atomic mass is 10.0. The van der Waals surface area contributed by atoms with Gasteiger partial charge in [0, 0.05) is 18.8 Å². The molecule has 0 bridgehead atoms. The molecule has 102 valence electrons. The molecule has 0 aliphatic carbocycles. The summed E-state index contributed by atoms with van der Waals surface area (Å²) < 4.78 is 5.69. The van der Waals surface area contributed by atoms with Gasteiger partial charge >= 0.3 is 0 Å². The number of nitrogens with zero attached hydrogens (tertiary/aromatic N) is 1. The Bertz CT molecular complexity index is 353. The van der Waals surface area contributed by atoms with Crippen LogP contribution in [0.3, 0.4) is 0 Å². The Kier molecular flexibility index (Phi) is 5.92. The molecule has 1 unspecified atom stereocenters. The van der Waals surface area contributed by atoms with Gasteiger partial charge < -0.3 is 15.8 Å². The first kappa shape index (κ1) is 14.8. The molecule has 0 saturated carbocycles. The van der Waals surface area contributed by atoms with E-state index in [0.29, 0.717) is 12.5 Å². The Balaban J connectivity index is 2.55. The summed E-state index contributed by atoms with van der Waals surface area (Å²) in [7, 11) is 0. The van der Waals surface area contributed by atoms with E-state index in [0.717, 1.165) is 18.0 Å². The largest absolute Gasteiger partial charge is 0.487 e. The molecule has 0 aromatic carbocycles. The van der Waals surface area contributed by atoms with E-state index in [1.165, 1.54) is 0 Å². The van der Waals surface area contributed by atoms with Crippen molar-refractivity contribution in [3.05, 3.63) is 18.3 Å². The van der Waals surface area contributed by atoms with Crippen LogP contribution in [-0.2, 0) is 0 Å². The highest BCUT2D eigenvalue weighted by Gasteiger charge is 2.09. The highest BCUT2D eigenvalue weighted by atomic mass is 16.5. The van der Waals surface area contributed by atoms with Crippen molar-refractivity contribution in [1.29, 1.82) is 0 Å². The molecule has 4 nitrogen and oxygen atoms in total. The van der Waals surface area contributed by atoms with Crippen LogP contribution in [0.25, 0.3) is 0 Å². The van der Waals surface area contributed by atoms with Crippen molar-refractivity contribution in [3.63, 3.8) is 0 Å². The average Bonchev–Trinajstić information content (AvgIpc) is 2.26. The van der Waals surface area contributed by atoms with Crippen molar-refractivity contribution in [1.82, 2.24) is 4.98 Å². The molecule has 0 radical (unpaired) electrons. The maximum Gasteiger partial charge on any atom is 0.168 e. The maximum atomic E-state index is 6.04. The molecular weight excluding hydrogens is 226 g/mol. The third-order valence-corrected chi connectivity index (χ3v) is 2.44. The van der Waals surface area contributed by atoms with Gasteiger partial charge in [0.1, 0.15) is 0 Å². The van der Waals surface area contributed by atoms with Gasteiger partial charge in [-0.2, -0.15) is 0 Å². The van der Waals surface area contributed by atoms with E-state index in [-0.39, 0.29) is 12.1 Å². The maximum absolute atomic E-state index is 6.04. The molecule has 0 amide bonds. The van der Waals surface area contributed by atoms with Gasteiger partial charge in [-0.3, -0.25) is 0 Å². The highest BCUT2D eigenvalue weighted by molar-refractivity contribution is 5.49. The minimum absolute atomic E-state index is 0.138. The fourth-order valence-corrected chi connectivity index (χ4v) is 1.79. The molecule has 18 heavy (non-hydrogen) atoms. The standard InChI is InChI=1S/C14H25N3O/c1-10(2)8-12(15)9-17-14-13(18-11(3)4)6-5-7-16-14/h5-7,10-12H,8-9,15H2,1-4H3,(H,16,17). The summed E-state index contributed by atoms with van der Waals surface area (Å²) in [6.45, 7) is 9.06. The van der Waals surface area contributed by atoms with Gasteiger partial charge in [-0.15, -0.1) is 0 Å². The zero-order valence-corrected chi connectivity index (χ0v) is 11.8. The molecule has 3 N–H and O–H groups in total. The fraction of sp³-hybridized carbons (Fsp3) is 0.643. The number of hydrogen-bond donors (Lipinski definition) is 2. The van der Waals surface area contributed by atoms with Crippen LogP contribution in [0, 0.1) is 5.92 Å². The topological polar surface area (TPSA) is 60.2 Å². The molecule has 1 rings (SSSR count). The summed E-state index contributed by atoms with van der Waals surface area (Å²) >= 11 is 0. The zero-order valence-electron chi connectivity index (χ0n) is 11.8. The van der Waals surface area contributed by atoms with Gasteiger partial charge in [-0.05, 0) is 38.3 Å². The zero-order chi connectivity index (χ0) is 13.5.